The van der Waals surface area contributed by atoms with Gasteiger partial charge in [0.2, 0.25) is 0 Å². The molecule has 0 unspecified atom stereocenters. The molecular formula is C35H27N3O. The molecule has 0 saturated heterocycles. The predicted octanol–water partition coefficient (Wildman–Crippen LogP) is 8.13. The SMILES string of the molecule is Cc1cc(C)c(-[n+]2[c-]n(-c3cccc(Oc4ccc5ccc6cccnc6c5c4)c3)c3ccccc32)c(C)c1. The van der Waals surface area contributed by atoms with E-state index in [9.17, 15) is 0 Å². The summed E-state index contributed by atoms with van der Waals surface area (Å²) in [6.07, 6.45) is 5.46. The van der Waals surface area contributed by atoms with Crippen molar-refractivity contribution in [2.24, 2.45) is 0 Å². The van der Waals surface area contributed by atoms with Crippen LogP contribution in [-0.4, -0.2) is 9.55 Å². The second-order valence-corrected chi connectivity index (χ2v) is 10.1. The van der Waals surface area contributed by atoms with Gasteiger partial charge in [-0.15, -0.1) is 0 Å². The van der Waals surface area contributed by atoms with Crippen LogP contribution >= 0.6 is 0 Å². The lowest BCUT2D eigenvalue weighted by atomic mass is 10.0. The van der Waals surface area contributed by atoms with Crippen molar-refractivity contribution in [3.05, 3.63) is 132 Å². The number of aromatic nitrogens is 3. The number of aryl methyl sites for hydroxylation is 3. The van der Waals surface area contributed by atoms with Gasteiger partial charge < -0.3 is 4.74 Å². The molecule has 39 heavy (non-hydrogen) atoms. The molecule has 0 bridgehead atoms. The molecule has 0 atom stereocenters. The van der Waals surface area contributed by atoms with Crippen molar-refractivity contribution in [2.75, 3.05) is 0 Å². The van der Waals surface area contributed by atoms with Gasteiger partial charge in [-0.05, 0) is 73.7 Å². The summed E-state index contributed by atoms with van der Waals surface area (Å²) in [6.45, 7) is 6.47. The molecule has 4 nitrogen and oxygen atoms in total. The van der Waals surface area contributed by atoms with Crippen LogP contribution in [0.2, 0.25) is 0 Å². The number of hydrogen-bond donors (Lipinski definition) is 0. The Morgan fingerprint density at radius 2 is 1.49 bits per heavy atom. The van der Waals surface area contributed by atoms with E-state index < -0.39 is 0 Å². The maximum absolute atomic E-state index is 6.39. The van der Waals surface area contributed by atoms with Gasteiger partial charge >= 0.3 is 0 Å². The number of hydrogen-bond acceptors (Lipinski definition) is 2. The molecule has 0 spiro atoms. The Bertz CT molecular complexity index is 2010. The fraction of sp³-hybridized carbons (Fsp3) is 0.0857. The number of benzene rings is 5. The molecule has 7 aromatic rings. The number of imidazole rings is 1. The van der Waals surface area contributed by atoms with Crippen molar-refractivity contribution >= 4 is 32.7 Å². The predicted molar refractivity (Wildman–Crippen MR) is 157 cm³/mol. The van der Waals surface area contributed by atoms with E-state index in [1.165, 1.54) is 22.4 Å². The minimum atomic E-state index is 0.764. The van der Waals surface area contributed by atoms with Gasteiger partial charge in [-0.3, -0.25) is 14.1 Å². The summed E-state index contributed by atoms with van der Waals surface area (Å²) in [5.74, 6) is 1.54. The molecule has 0 aliphatic rings. The molecule has 2 aromatic heterocycles. The molecule has 4 heteroatoms. The average molecular weight is 506 g/mol. The molecule has 7 rings (SSSR count). The second-order valence-electron chi connectivity index (χ2n) is 10.1. The summed E-state index contributed by atoms with van der Waals surface area (Å²) in [7, 11) is 0. The summed E-state index contributed by atoms with van der Waals surface area (Å²) in [4.78, 5) is 4.62. The second kappa shape index (κ2) is 9.10. The number of fused-ring (bicyclic) bond motifs is 4. The third-order valence-electron chi connectivity index (χ3n) is 7.30. The minimum Gasteiger partial charge on any atom is -0.458 e. The van der Waals surface area contributed by atoms with Gasteiger partial charge in [0.25, 0.3) is 6.33 Å². The van der Waals surface area contributed by atoms with Crippen molar-refractivity contribution in [2.45, 2.75) is 20.8 Å². The van der Waals surface area contributed by atoms with E-state index in [1.54, 1.807) is 0 Å². The Balaban J connectivity index is 1.31. The fourth-order valence-corrected chi connectivity index (χ4v) is 5.67. The van der Waals surface area contributed by atoms with Crippen LogP contribution in [0.25, 0.3) is 44.1 Å². The first-order chi connectivity index (χ1) is 19.0. The number of nitrogens with zero attached hydrogens (tertiary/aromatic N) is 3. The average Bonchev–Trinajstić information content (AvgIpc) is 3.32. The molecule has 5 aromatic carbocycles. The van der Waals surface area contributed by atoms with Crippen molar-refractivity contribution in [1.29, 1.82) is 0 Å². The normalized spacial score (nSPS) is 11.5. The van der Waals surface area contributed by atoms with E-state index in [4.69, 9.17) is 4.74 Å². The van der Waals surface area contributed by atoms with Crippen molar-refractivity contribution in [3.8, 4) is 22.9 Å². The molecule has 0 aliphatic heterocycles. The van der Waals surface area contributed by atoms with Gasteiger partial charge in [0, 0.05) is 17.0 Å². The van der Waals surface area contributed by atoms with Crippen molar-refractivity contribution in [3.63, 3.8) is 0 Å². The van der Waals surface area contributed by atoms with Gasteiger partial charge in [0.1, 0.15) is 11.5 Å². The molecule has 0 N–H and O–H groups in total. The highest BCUT2D eigenvalue weighted by Gasteiger charge is 2.16. The van der Waals surface area contributed by atoms with Crippen LogP contribution in [0.15, 0.2) is 109 Å². The van der Waals surface area contributed by atoms with Crippen LogP contribution in [0.5, 0.6) is 11.5 Å². The minimum absolute atomic E-state index is 0.764. The van der Waals surface area contributed by atoms with Crippen LogP contribution in [0, 0.1) is 27.1 Å². The molecule has 0 fully saturated rings. The molecule has 2 heterocycles. The maximum atomic E-state index is 6.39. The first-order valence-electron chi connectivity index (χ1n) is 13.1. The number of rotatable bonds is 4. The van der Waals surface area contributed by atoms with Gasteiger partial charge in [0.15, 0.2) is 0 Å². The van der Waals surface area contributed by atoms with Crippen molar-refractivity contribution < 1.29 is 9.30 Å². The topological polar surface area (TPSA) is 30.9 Å². The Kier molecular flexibility index (Phi) is 5.41. The molecule has 0 radical (unpaired) electrons. The lowest BCUT2D eigenvalue weighted by Gasteiger charge is -2.12. The van der Waals surface area contributed by atoms with E-state index in [0.29, 0.717) is 0 Å². The number of para-hydroxylation sites is 2. The molecular weight excluding hydrogens is 478 g/mol. The summed E-state index contributed by atoms with van der Waals surface area (Å²) in [5, 5.41) is 3.34. The summed E-state index contributed by atoms with van der Waals surface area (Å²) in [5.41, 5.74) is 9.04. The van der Waals surface area contributed by atoms with Crippen LogP contribution < -0.4 is 9.30 Å². The molecule has 188 valence electrons. The van der Waals surface area contributed by atoms with Gasteiger partial charge in [-0.2, -0.15) is 0 Å². The van der Waals surface area contributed by atoms with Gasteiger partial charge in [-0.1, -0.05) is 72.3 Å². The quantitative estimate of drug-likeness (QED) is 0.137. The lowest BCUT2D eigenvalue weighted by Crippen LogP contribution is -2.32. The van der Waals surface area contributed by atoms with Crippen LogP contribution in [0.3, 0.4) is 0 Å². The Morgan fingerprint density at radius 3 is 2.36 bits per heavy atom. The monoisotopic (exact) mass is 505 g/mol. The smallest absolute Gasteiger partial charge is 0.269 e. The van der Waals surface area contributed by atoms with E-state index in [2.05, 4.69) is 120 Å². The zero-order valence-electron chi connectivity index (χ0n) is 22.1. The van der Waals surface area contributed by atoms with Gasteiger partial charge in [-0.25, -0.2) is 0 Å². The standard InChI is InChI=1S/C35H27N3O/c1-23-18-24(2)35(25(3)19-23)38-22-37(32-11-4-5-12-33(32)38)28-9-6-10-29(20-28)39-30-16-15-26-13-14-27-8-7-17-36-34(27)31(26)21-30/h4-21H,1-3H3. The fourth-order valence-electron chi connectivity index (χ4n) is 5.67. The highest BCUT2D eigenvalue weighted by atomic mass is 16.5. The van der Waals surface area contributed by atoms with Crippen LogP contribution in [0.4, 0.5) is 0 Å². The number of ether oxygens (including phenoxy) is 1. The lowest BCUT2D eigenvalue weighted by molar-refractivity contribution is -0.573. The van der Waals surface area contributed by atoms with E-state index in [1.807, 2.05) is 30.5 Å². The molecule has 0 amide bonds. The number of pyridine rings is 1. The van der Waals surface area contributed by atoms with Crippen LogP contribution in [0.1, 0.15) is 16.7 Å². The van der Waals surface area contributed by atoms with Crippen molar-refractivity contribution in [1.82, 2.24) is 9.55 Å². The summed E-state index contributed by atoms with van der Waals surface area (Å²) in [6, 6.07) is 35.5. The van der Waals surface area contributed by atoms with Gasteiger partial charge in [0.05, 0.1) is 27.9 Å². The maximum Gasteiger partial charge on any atom is 0.269 e. The summed E-state index contributed by atoms with van der Waals surface area (Å²) >= 11 is 0. The molecule has 0 aliphatic carbocycles. The summed E-state index contributed by atoms with van der Waals surface area (Å²) < 4.78 is 10.7. The third-order valence-corrected chi connectivity index (χ3v) is 7.30. The largest absolute Gasteiger partial charge is 0.458 e. The highest BCUT2D eigenvalue weighted by molar-refractivity contribution is 6.05. The molecule has 0 saturated carbocycles. The van der Waals surface area contributed by atoms with E-state index in [-0.39, 0.29) is 0 Å². The zero-order chi connectivity index (χ0) is 26.5. The Hall–Kier alpha value is -4.96. The first-order valence-corrected chi connectivity index (χ1v) is 13.1. The van der Waals surface area contributed by atoms with Crippen LogP contribution in [-0.2, 0) is 0 Å². The highest BCUT2D eigenvalue weighted by Crippen LogP contribution is 2.31. The first kappa shape index (κ1) is 23.2. The Morgan fingerprint density at radius 1 is 0.718 bits per heavy atom. The Labute approximate surface area is 227 Å². The van der Waals surface area contributed by atoms with E-state index >= 15 is 0 Å². The van der Waals surface area contributed by atoms with E-state index in [0.717, 1.165) is 49.9 Å². The third kappa shape index (κ3) is 4.02. The zero-order valence-corrected chi connectivity index (χ0v) is 22.1.